The lowest BCUT2D eigenvalue weighted by Crippen LogP contribution is -2.62. The van der Waals surface area contributed by atoms with Crippen LogP contribution >= 0.6 is 11.3 Å². The Hall–Kier alpha value is -4.82. The standard InChI is InChI=1S/C30H24F2N4O7S/c1-40-30(39)43-15-42-27-20(37)8-10-35-26(27)29(38)34-11-13-41-12-9-21(34)36(35)25-16-4-2-3-5-17(16)28-24(33-14-44-28)22-18(25)6-7-19(31)23(22)32/h2-8,10,14,21,25H,9,11-13,15H2,1H3/t21-,25-/m1/s1. The maximum Gasteiger partial charge on any atom is 0.510 e. The van der Waals surface area contributed by atoms with Crippen molar-refractivity contribution in [3.63, 3.8) is 0 Å². The third kappa shape index (κ3) is 4.32. The Kier molecular flexibility index (Phi) is 7.01. The highest BCUT2D eigenvalue weighted by atomic mass is 32.1. The van der Waals surface area contributed by atoms with Gasteiger partial charge in [-0.25, -0.2) is 18.6 Å². The minimum absolute atomic E-state index is 0.0151. The lowest BCUT2D eigenvalue weighted by molar-refractivity contribution is 0.0130. The van der Waals surface area contributed by atoms with Crippen molar-refractivity contribution in [2.24, 2.45) is 0 Å². The van der Waals surface area contributed by atoms with Crippen molar-refractivity contribution in [1.82, 2.24) is 14.6 Å². The molecular weight excluding hydrogens is 598 g/mol. The van der Waals surface area contributed by atoms with Crippen molar-refractivity contribution in [2.45, 2.75) is 18.6 Å². The van der Waals surface area contributed by atoms with E-state index in [1.54, 1.807) is 10.4 Å². The van der Waals surface area contributed by atoms with E-state index in [0.717, 1.165) is 24.3 Å². The summed E-state index contributed by atoms with van der Waals surface area (Å²) in [6.45, 7) is 0.0671. The van der Waals surface area contributed by atoms with Crippen LogP contribution in [-0.2, 0) is 14.2 Å². The summed E-state index contributed by atoms with van der Waals surface area (Å²) in [6.07, 6.45) is 0.168. The zero-order chi connectivity index (χ0) is 30.5. The molecular formula is C30H24F2N4O7S. The molecule has 4 aromatic rings. The first kappa shape index (κ1) is 28.0. The fourth-order valence-corrected chi connectivity index (χ4v) is 6.97. The summed E-state index contributed by atoms with van der Waals surface area (Å²) < 4.78 is 52.9. The van der Waals surface area contributed by atoms with Crippen molar-refractivity contribution >= 4 is 23.4 Å². The van der Waals surface area contributed by atoms with Crippen molar-refractivity contribution in [1.29, 1.82) is 0 Å². The average molecular weight is 623 g/mol. The highest BCUT2D eigenvalue weighted by molar-refractivity contribution is 7.13. The molecule has 226 valence electrons. The number of amides is 1. The number of fused-ring (bicyclic) bond motifs is 7. The number of hydrogen-bond acceptors (Lipinski definition) is 10. The van der Waals surface area contributed by atoms with Gasteiger partial charge in [0.1, 0.15) is 6.17 Å². The molecule has 1 aliphatic carbocycles. The van der Waals surface area contributed by atoms with Gasteiger partial charge in [0, 0.05) is 30.8 Å². The largest absolute Gasteiger partial charge is 0.510 e. The molecule has 0 saturated carbocycles. The molecule has 0 N–H and O–H groups in total. The lowest BCUT2D eigenvalue weighted by atomic mass is 9.92. The second kappa shape index (κ2) is 11.0. The van der Waals surface area contributed by atoms with Gasteiger partial charge in [-0.05, 0) is 22.8 Å². The molecule has 7 rings (SSSR count). The minimum atomic E-state index is -1.04. The Labute approximate surface area is 252 Å². The smallest absolute Gasteiger partial charge is 0.451 e. The molecule has 2 aliphatic heterocycles. The van der Waals surface area contributed by atoms with Crippen molar-refractivity contribution in [2.75, 3.05) is 38.7 Å². The Morgan fingerprint density at radius 1 is 1.11 bits per heavy atom. The molecule has 4 heterocycles. The third-order valence-corrected chi connectivity index (χ3v) is 8.81. The van der Waals surface area contributed by atoms with Gasteiger partial charge in [0.2, 0.25) is 18.0 Å². The van der Waals surface area contributed by atoms with E-state index >= 15 is 4.39 Å². The maximum atomic E-state index is 15.9. The first-order valence-corrected chi connectivity index (χ1v) is 14.6. The molecule has 0 bridgehead atoms. The molecule has 2 atom stereocenters. The van der Waals surface area contributed by atoms with Gasteiger partial charge >= 0.3 is 6.16 Å². The number of thiazole rings is 1. The molecule has 3 aliphatic rings. The highest BCUT2D eigenvalue weighted by Crippen LogP contribution is 2.50. The molecule has 1 amide bonds. The van der Waals surface area contributed by atoms with E-state index in [-0.39, 0.29) is 30.2 Å². The highest BCUT2D eigenvalue weighted by Gasteiger charge is 2.46. The maximum absolute atomic E-state index is 15.9. The van der Waals surface area contributed by atoms with Crippen LogP contribution in [0, 0.1) is 11.6 Å². The van der Waals surface area contributed by atoms with E-state index in [1.165, 1.54) is 34.3 Å². The van der Waals surface area contributed by atoms with Gasteiger partial charge in [0.05, 0.1) is 42.4 Å². The van der Waals surface area contributed by atoms with E-state index < -0.39 is 48.1 Å². The number of methoxy groups -OCH3 is 1. The summed E-state index contributed by atoms with van der Waals surface area (Å²) in [7, 11) is 1.12. The Morgan fingerprint density at radius 3 is 2.80 bits per heavy atom. The molecule has 0 spiro atoms. The van der Waals surface area contributed by atoms with Gasteiger partial charge in [-0.3, -0.25) is 19.3 Å². The summed E-state index contributed by atoms with van der Waals surface area (Å²) in [5.41, 5.74) is 3.12. The number of carbonyl (C=O) groups is 2. The van der Waals surface area contributed by atoms with E-state index in [4.69, 9.17) is 14.2 Å². The first-order valence-electron chi connectivity index (χ1n) is 13.7. The molecule has 11 nitrogen and oxygen atoms in total. The van der Waals surface area contributed by atoms with Crippen LogP contribution in [0.25, 0.3) is 21.7 Å². The second-order valence-corrected chi connectivity index (χ2v) is 11.0. The number of rotatable bonds is 4. The molecule has 2 aromatic heterocycles. The molecule has 0 radical (unpaired) electrons. The normalized spacial score (nSPS) is 18.6. The zero-order valence-electron chi connectivity index (χ0n) is 23.2. The predicted molar refractivity (Wildman–Crippen MR) is 153 cm³/mol. The summed E-state index contributed by atoms with van der Waals surface area (Å²) in [6, 6.07) is 10.5. The Bertz CT molecular complexity index is 1860. The van der Waals surface area contributed by atoms with Gasteiger partial charge in [0.15, 0.2) is 17.3 Å². The molecule has 14 heteroatoms. The van der Waals surface area contributed by atoms with Crippen LogP contribution in [0.1, 0.15) is 34.1 Å². The SMILES string of the molecule is COC(=O)OCOc1c2n(ccc1=O)N([C@@H]1c3ccccc3-c3scnc3-c3c1ccc(F)c3F)[C@@H]1CCOCCN1C2=O. The van der Waals surface area contributed by atoms with E-state index in [1.807, 2.05) is 29.3 Å². The Morgan fingerprint density at radius 2 is 1.95 bits per heavy atom. The third-order valence-electron chi connectivity index (χ3n) is 7.95. The van der Waals surface area contributed by atoms with E-state index in [2.05, 4.69) is 9.72 Å². The van der Waals surface area contributed by atoms with Crippen LogP contribution in [0.15, 0.2) is 59.0 Å². The van der Waals surface area contributed by atoms with Crippen molar-refractivity contribution < 1.29 is 37.3 Å². The molecule has 44 heavy (non-hydrogen) atoms. The van der Waals surface area contributed by atoms with E-state index in [9.17, 15) is 18.8 Å². The quantitative estimate of drug-likeness (QED) is 0.243. The summed E-state index contributed by atoms with van der Waals surface area (Å²) in [5.74, 6) is -2.90. The molecule has 1 fully saturated rings. The molecule has 1 saturated heterocycles. The monoisotopic (exact) mass is 622 g/mol. The van der Waals surface area contributed by atoms with Crippen LogP contribution < -0.4 is 15.2 Å². The average Bonchev–Trinajstić information content (AvgIpc) is 3.32. The van der Waals surface area contributed by atoms with E-state index in [0.29, 0.717) is 29.2 Å². The lowest BCUT2D eigenvalue weighted by Gasteiger charge is -2.49. The predicted octanol–water partition coefficient (Wildman–Crippen LogP) is 4.28. The minimum Gasteiger partial charge on any atom is -0.451 e. The number of hydrogen-bond donors (Lipinski definition) is 0. The van der Waals surface area contributed by atoms with Gasteiger partial charge < -0.3 is 23.8 Å². The summed E-state index contributed by atoms with van der Waals surface area (Å²) in [4.78, 5) is 45.5. The fourth-order valence-electron chi connectivity index (χ4n) is 6.12. The number of ether oxygens (including phenoxy) is 4. The fraction of sp³-hybridized carbons (Fsp3) is 0.267. The first-order chi connectivity index (χ1) is 21.4. The topological polar surface area (TPSA) is 112 Å². The van der Waals surface area contributed by atoms with Crippen LogP contribution in [0.5, 0.6) is 5.75 Å². The van der Waals surface area contributed by atoms with Gasteiger partial charge in [-0.2, -0.15) is 0 Å². The van der Waals surface area contributed by atoms with Gasteiger partial charge in [-0.1, -0.05) is 30.3 Å². The number of carbonyl (C=O) groups excluding carboxylic acids is 2. The molecule has 0 unspecified atom stereocenters. The summed E-state index contributed by atoms with van der Waals surface area (Å²) in [5, 5.41) is 1.87. The van der Waals surface area contributed by atoms with Crippen LogP contribution in [0.4, 0.5) is 13.6 Å². The second-order valence-electron chi connectivity index (χ2n) is 10.2. The number of pyridine rings is 1. The summed E-state index contributed by atoms with van der Waals surface area (Å²) >= 11 is 1.31. The van der Waals surface area contributed by atoms with Gasteiger partial charge in [-0.15, -0.1) is 11.3 Å². The number of aromatic nitrogens is 2. The van der Waals surface area contributed by atoms with Crippen molar-refractivity contribution in [3.8, 4) is 27.4 Å². The van der Waals surface area contributed by atoms with Crippen LogP contribution in [0.3, 0.4) is 0 Å². The number of halogens is 2. The van der Waals surface area contributed by atoms with Crippen LogP contribution in [0.2, 0.25) is 0 Å². The zero-order valence-corrected chi connectivity index (χ0v) is 24.0. The van der Waals surface area contributed by atoms with Crippen LogP contribution in [-0.4, -0.2) is 66.4 Å². The molecule has 2 aromatic carbocycles. The van der Waals surface area contributed by atoms with Gasteiger partial charge in [0.25, 0.3) is 5.91 Å². The number of benzene rings is 2. The Balaban J connectivity index is 1.50. The number of nitrogens with zero attached hydrogens (tertiary/aromatic N) is 4. The van der Waals surface area contributed by atoms with Crippen molar-refractivity contribution in [3.05, 3.63) is 92.9 Å².